The molecule has 3 N–H and O–H groups in total. The Balaban J connectivity index is 0.00000222. The first-order valence-electron chi connectivity index (χ1n) is 13.0. The maximum Gasteiger partial charge on any atom is 0.240 e. The monoisotopic (exact) mass is 538 g/mol. The van der Waals surface area contributed by atoms with Crippen LogP contribution in [0.2, 0.25) is 0 Å². The van der Waals surface area contributed by atoms with Crippen molar-refractivity contribution in [2.45, 2.75) is 82.5 Å². The predicted molar refractivity (Wildman–Crippen MR) is 149 cm³/mol. The number of nitrogens with one attached hydrogen (secondary N) is 2. The maximum absolute atomic E-state index is 13.0. The summed E-state index contributed by atoms with van der Waals surface area (Å²) in [5.74, 6) is 0.729. The van der Waals surface area contributed by atoms with E-state index in [9.17, 15) is 17.9 Å². The summed E-state index contributed by atoms with van der Waals surface area (Å²) in [6, 6.07) is 12.6. The Hall–Kier alpha value is -1.45. The number of hydrogen-bond donors (Lipinski definition) is 3. The van der Waals surface area contributed by atoms with Crippen molar-refractivity contribution in [3.63, 3.8) is 0 Å². The van der Waals surface area contributed by atoms with Crippen LogP contribution in [0.1, 0.15) is 71.4 Å². The van der Waals surface area contributed by atoms with E-state index in [2.05, 4.69) is 30.2 Å². The molecule has 1 atom stereocenters. The lowest BCUT2D eigenvalue weighted by molar-refractivity contribution is -0.0207. The molecule has 8 heteroatoms. The molecule has 1 aliphatic carbocycles. The highest BCUT2D eigenvalue weighted by Gasteiger charge is 2.36. The van der Waals surface area contributed by atoms with Crippen molar-refractivity contribution in [1.82, 2.24) is 9.44 Å². The van der Waals surface area contributed by atoms with E-state index >= 15 is 0 Å². The second-order valence-electron chi connectivity index (χ2n) is 9.66. The molecule has 0 radical (unpaired) electrons. The Morgan fingerprint density at radius 2 is 1.61 bits per heavy atom. The Labute approximate surface area is 221 Å². The van der Waals surface area contributed by atoms with Gasteiger partial charge < -0.3 is 5.11 Å². The molecular formula is C28H43FN2O3S2. The molecule has 0 aliphatic heterocycles. The highest BCUT2D eigenvalue weighted by molar-refractivity contribution is 7.97. The highest BCUT2D eigenvalue weighted by atomic mass is 32.2. The van der Waals surface area contributed by atoms with Gasteiger partial charge in [-0.05, 0) is 79.3 Å². The summed E-state index contributed by atoms with van der Waals surface area (Å²) in [5.41, 5.74) is 1.13. The first-order valence-corrected chi connectivity index (χ1v) is 15.4. The lowest BCUT2D eigenvalue weighted by Crippen LogP contribution is -2.35. The Bertz CT molecular complexity index is 1000. The zero-order valence-corrected chi connectivity index (χ0v) is 23.9. The number of hydrogen-bond acceptors (Lipinski definition) is 5. The van der Waals surface area contributed by atoms with Crippen LogP contribution in [0.5, 0.6) is 0 Å². The molecule has 5 nitrogen and oxygen atoms in total. The molecule has 2 aromatic rings. The van der Waals surface area contributed by atoms with Crippen LogP contribution in [0.4, 0.5) is 4.39 Å². The van der Waals surface area contributed by atoms with Crippen LogP contribution >= 0.6 is 11.9 Å². The van der Waals surface area contributed by atoms with Gasteiger partial charge in [-0.3, -0.25) is 4.72 Å². The second kappa shape index (κ2) is 14.5. The summed E-state index contributed by atoms with van der Waals surface area (Å²) in [5, 5.41) is 11.8. The van der Waals surface area contributed by atoms with Gasteiger partial charge in [0.1, 0.15) is 5.82 Å². The highest BCUT2D eigenvalue weighted by Crippen LogP contribution is 2.41. The summed E-state index contributed by atoms with van der Waals surface area (Å²) in [6.45, 7) is 11.9. The zero-order valence-electron chi connectivity index (χ0n) is 22.3. The van der Waals surface area contributed by atoms with Crippen LogP contribution in [0, 0.1) is 17.7 Å². The fourth-order valence-corrected chi connectivity index (χ4v) is 6.22. The van der Waals surface area contributed by atoms with Crippen molar-refractivity contribution in [3.8, 4) is 0 Å². The first kappa shape index (κ1) is 30.8. The molecule has 0 amide bonds. The summed E-state index contributed by atoms with van der Waals surface area (Å²) in [4.78, 5) is 0.0471. The third-order valence-corrected chi connectivity index (χ3v) is 8.99. The molecule has 0 spiro atoms. The Morgan fingerprint density at radius 3 is 2.17 bits per heavy atom. The van der Waals surface area contributed by atoms with E-state index in [1.165, 1.54) is 12.1 Å². The van der Waals surface area contributed by atoms with Crippen molar-refractivity contribution < 1.29 is 17.9 Å². The van der Waals surface area contributed by atoms with Crippen LogP contribution in [0.15, 0.2) is 53.4 Å². The summed E-state index contributed by atoms with van der Waals surface area (Å²) in [6.07, 6.45) is 4.07. The third-order valence-electron chi connectivity index (χ3n) is 6.71. The van der Waals surface area contributed by atoms with Gasteiger partial charge in [0.15, 0.2) is 0 Å². The molecule has 36 heavy (non-hydrogen) atoms. The minimum atomic E-state index is -3.67. The Morgan fingerprint density at radius 1 is 1.03 bits per heavy atom. The molecule has 1 aliphatic rings. The topological polar surface area (TPSA) is 78.4 Å². The SMILES string of the molecule is CC.CC(C)SNCC(C)C1CCC(O)(c2ccc(CCNS(=O)(=O)c3ccc(F)cc3)cc2)CC1. The number of benzene rings is 2. The van der Waals surface area contributed by atoms with Crippen molar-refractivity contribution in [2.24, 2.45) is 11.8 Å². The molecule has 202 valence electrons. The van der Waals surface area contributed by atoms with Crippen LogP contribution in [-0.2, 0) is 22.0 Å². The lowest BCUT2D eigenvalue weighted by Gasteiger charge is -2.38. The van der Waals surface area contributed by atoms with Crippen molar-refractivity contribution in [3.05, 3.63) is 65.5 Å². The van der Waals surface area contributed by atoms with Crippen LogP contribution in [0.25, 0.3) is 0 Å². The van der Waals surface area contributed by atoms with Gasteiger partial charge in [0.2, 0.25) is 10.0 Å². The normalized spacial score (nSPS) is 21.1. The number of aliphatic hydroxyl groups is 1. The van der Waals surface area contributed by atoms with E-state index in [0.717, 1.165) is 55.5 Å². The van der Waals surface area contributed by atoms with E-state index in [1.54, 1.807) is 11.9 Å². The van der Waals surface area contributed by atoms with Gasteiger partial charge in [0.25, 0.3) is 0 Å². The van der Waals surface area contributed by atoms with Crippen molar-refractivity contribution in [2.75, 3.05) is 13.1 Å². The molecule has 1 unspecified atom stereocenters. The molecule has 0 saturated heterocycles. The largest absolute Gasteiger partial charge is 0.385 e. The van der Waals surface area contributed by atoms with Gasteiger partial charge in [-0.2, -0.15) is 0 Å². The third kappa shape index (κ3) is 9.14. The van der Waals surface area contributed by atoms with Crippen LogP contribution < -0.4 is 9.44 Å². The molecule has 3 rings (SSSR count). The fraction of sp³-hybridized carbons (Fsp3) is 0.571. The number of sulfonamides is 1. The van der Waals surface area contributed by atoms with E-state index < -0.39 is 21.4 Å². The lowest BCUT2D eigenvalue weighted by atomic mass is 9.71. The van der Waals surface area contributed by atoms with E-state index in [4.69, 9.17) is 0 Å². The average Bonchev–Trinajstić information content (AvgIpc) is 2.86. The minimum absolute atomic E-state index is 0.0471. The second-order valence-corrected chi connectivity index (χ2v) is 12.9. The molecule has 1 saturated carbocycles. The summed E-state index contributed by atoms with van der Waals surface area (Å²) >= 11 is 1.78. The Kier molecular flexibility index (Phi) is 12.4. The fourth-order valence-electron chi connectivity index (χ4n) is 4.50. The van der Waals surface area contributed by atoms with Gasteiger partial charge in [-0.1, -0.05) is 70.8 Å². The molecule has 1 fully saturated rings. The van der Waals surface area contributed by atoms with Crippen LogP contribution in [-0.4, -0.2) is 31.9 Å². The first-order chi connectivity index (χ1) is 17.1. The molecule has 0 bridgehead atoms. The quantitative estimate of drug-likeness (QED) is 0.304. The van der Waals surface area contributed by atoms with Gasteiger partial charge in [-0.25, -0.2) is 17.5 Å². The minimum Gasteiger partial charge on any atom is -0.385 e. The van der Waals surface area contributed by atoms with E-state index in [0.29, 0.717) is 23.5 Å². The molecular weight excluding hydrogens is 495 g/mol. The molecule has 0 aromatic heterocycles. The van der Waals surface area contributed by atoms with Gasteiger partial charge in [-0.15, -0.1) is 0 Å². The smallest absolute Gasteiger partial charge is 0.240 e. The van der Waals surface area contributed by atoms with Crippen molar-refractivity contribution in [1.29, 1.82) is 0 Å². The average molecular weight is 539 g/mol. The van der Waals surface area contributed by atoms with Gasteiger partial charge >= 0.3 is 0 Å². The number of rotatable bonds is 11. The number of halogens is 1. The molecule has 2 aromatic carbocycles. The van der Waals surface area contributed by atoms with Crippen molar-refractivity contribution >= 4 is 22.0 Å². The molecule has 0 heterocycles. The standard InChI is InChI=1S/C26H37FN2O3S2.C2H6/c1-19(2)33-28-18-20(3)22-12-15-26(30,16-13-22)23-6-4-21(5-7-23)14-17-29-34(31,32)25-10-8-24(27)9-11-25;1-2/h4-11,19-20,22,28-30H,12-18H2,1-3H3;1-2H3. The van der Waals surface area contributed by atoms with Gasteiger partial charge in [0.05, 0.1) is 10.5 Å². The van der Waals surface area contributed by atoms with Crippen LogP contribution in [0.3, 0.4) is 0 Å². The van der Waals surface area contributed by atoms with E-state index in [1.807, 2.05) is 38.1 Å². The maximum atomic E-state index is 13.0. The van der Waals surface area contributed by atoms with E-state index in [-0.39, 0.29) is 11.4 Å². The zero-order chi connectivity index (χ0) is 26.8. The summed E-state index contributed by atoms with van der Waals surface area (Å²) in [7, 11) is -3.67. The van der Waals surface area contributed by atoms with Gasteiger partial charge in [0, 0.05) is 18.3 Å². The summed E-state index contributed by atoms with van der Waals surface area (Å²) < 4.78 is 43.7. The predicted octanol–water partition coefficient (Wildman–Crippen LogP) is 6.03.